The SMILES string of the molecule is Cc1ccccc1NC(=O)Cn1ccnc1CN. The molecule has 0 aliphatic carbocycles. The van der Waals surface area contributed by atoms with Gasteiger partial charge < -0.3 is 15.6 Å². The number of carbonyl (C=O) groups excluding carboxylic acids is 1. The Hall–Kier alpha value is -2.14. The van der Waals surface area contributed by atoms with Crippen LogP contribution in [-0.2, 0) is 17.9 Å². The molecule has 0 bridgehead atoms. The van der Waals surface area contributed by atoms with Crippen molar-refractivity contribution in [3.63, 3.8) is 0 Å². The molecule has 5 nitrogen and oxygen atoms in total. The van der Waals surface area contributed by atoms with Crippen LogP contribution in [-0.4, -0.2) is 15.5 Å². The summed E-state index contributed by atoms with van der Waals surface area (Å²) in [6, 6.07) is 7.67. The van der Waals surface area contributed by atoms with Gasteiger partial charge in [-0.15, -0.1) is 0 Å². The van der Waals surface area contributed by atoms with Gasteiger partial charge in [-0.1, -0.05) is 18.2 Å². The summed E-state index contributed by atoms with van der Waals surface area (Å²) < 4.78 is 1.74. The maximum atomic E-state index is 11.9. The lowest BCUT2D eigenvalue weighted by molar-refractivity contribution is -0.116. The Bertz CT molecular complexity index is 547. The van der Waals surface area contributed by atoms with Gasteiger partial charge >= 0.3 is 0 Å². The fourth-order valence-corrected chi connectivity index (χ4v) is 1.73. The van der Waals surface area contributed by atoms with Gasteiger partial charge in [0.05, 0.1) is 6.54 Å². The summed E-state index contributed by atoms with van der Waals surface area (Å²) in [7, 11) is 0. The first-order valence-corrected chi connectivity index (χ1v) is 5.76. The highest BCUT2D eigenvalue weighted by atomic mass is 16.1. The number of nitrogens with zero attached hydrogens (tertiary/aromatic N) is 2. The van der Waals surface area contributed by atoms with Gasteiger partial charge in [-0.25, -0.2) is 4.98 Å². The first kappa shape index (κ1) is 12.3. The van der Waals surface area contributed by atoms with Crippen LogP contribution >= 0.6 is 0 Å². The summed E-state index contributed by atoms with van der Waals surface area (Å²) in [5.41, 5.74) is 7.40. The zero-order valence-corrected chi connectivity index (χ0v) is 10.3. The summed E-state index contributed by atoms with van der Waals surface area (Å²) >= 11 is 0. The van der Waals surface area contributed by atoms with Crippen LogP contribution in [0.4, 0.5) is 5.69 Å². The second-order valence-electron chi connectivity index (χ2n) is 4.04. The molecule has 0 fully saturated rings. The molecule has 1 heterocycles. The van der Waals surface area contributed by atoms with Crippen molar-refractivity contribution in [2.75, 3.05) is 5.32 Å². The molecular formula is C13H16N4O. The van der Waals surface area contributed by atoms with E-state index in [-0.39, 0.29) is 12.5 Å². The predicted molar refractivity (Wildman–Crippen MR) is 69.9 cm³/mol. The summed E-state index contributed by atoms with van der Waals surface area (Å²) in [4.78, 5) is 16.0. The van der Waals surface area contributed by atoms with E-state index in [1.807, 2.05) is 31.2 Å². The third-order valence-electron chi connectivity index (χ3n) is 2.72. The van der Waals surface area contributed by atoms with E-state index in [9.17, 15) is 4.79 Å². The number of rotatable bonds is 4. The highest BCUT2D eigenvalue weighted by Crippen LogP contribution is 2.13. The number of para-hydroxylation sites is 1. The van der Waals surface area contributed by atoms with E-state index in [1.54, 1.807) is 17.0 Å². The number of aryl methyl sites for hydroxylation is 1. The maximum Gasteiger partial charge on any atom is 0.244 e. The number of benzene rings is 1. The van der Waals surface area contributed by atoms with Crippen molar-refractivity contribution in [1.29, 1.82) is 0 Å². The van der Waals surface area contributed by atoms with Crippen LogP contribution in [0.2, 0.25) is 0 Å². The van der Waals surface area contributed by atoms with Gasteiger partial charge in [-0.2, -0.15) is 0 Å². The number of amides is 1. The standard InChI is InChI=1S/C13H16N4O/c1-10-4-2-3-5-11(10)16-13(18)9-17-7-6-15-12(17)8-14/h2-7H,8-9,14H2,1H3,(H,16,18). The second-order valence-corrected chi connectivity index (χ2v) is 4.04. The van der Waals surface area contributed by atoms with Gasteiger partial charge in [0, 0.05) is 18.1 Å². The molecule has 18 heavy (non-hydrogen) atoms. The van der Waals surface area contributed by atoms with Crippen molar-refractivity contribution in [2.24, 2.45) is 5.73 Å². The summed E-state index contributed by atoms with van der Waals surface area (Å²) in [6.45, 7) is 2.50. The van der Waals surface area contributed by atoms with Crippen LogP contribution in [0, 0.1) is 6.92 Å². The molecule has 0 saturated carbocycles. The average molecular weight is 244 g/mol. The normalized spacial score (nSPS) is 10.3. The van der Waals surface area contributed by atoms with E-state index in [1.165, 1.54) is 0 Å². The van der Waals surface area contributed by atoms with Crippen LogP contribution in [0.25, 0.3) is 0 Å². The molecule has 1 aromatic carbocycles. The fraction of sp³-hybridized carbons (Fsp3) is 0.231. The van der Waals surface area contributed by atoms with E-state index in [0.717, 1.165) is 11.3 Å². The molecule has 2 aromatic rings. The Balaban J connectivity index is 2.04. The number of nitrogens with one attached hydrogen (secondary N) is 1. The quantitative estimate of drug-likeness (QED) is 0.851. The maximum absolute atomic E-state index is 11.9. The van der Waals surface area contributed by atoms with E-state index in [0.29, 0.717) is 12.4 Å². The van der Waals surface area contributed by atoms with Crippen LogP contribution in [0.15, 0.2) is 36.7 Å². The molecule has 1 amide bonds. The van der Waals surface area contributed by atoms with Crippen molar-refractivity contribution in [1.82, 2.24) is 9.55 Å². The first-order valence-electron chi connectivity index (χ1n) is 5.76. The predicted octanol–water partition coefficient (Wildman–Crippen LogP) is 1.29. The third-order valence-corrected chi connectivity index (χ3v) is 2.72. The Morgan fingerprint density at radius 1 is 1.44 bits per heavy atom. The number of hydrogen-bond acceptors (Lipinski definition) is 3. The van der Waals surface area contributed by atoms with Crippen LogP contribution < -0.4 is 11.1 Å². The van der Waals surface area contributed by atoms with E-state index < -0.39 is 0 Å². The molecule has 0 saturated heterocycles. The summed E-state index contributed by atoms with van der Waals surface area (Å²) in [6.07, 6.45) is 3.39. The van der Waals surface area contributed by atoms with Crippen molar-refractivity contribution in [3.8, 4) is 0 Å². The molecule has 5 heteroatoms. The monoisotopic (exact) mass is 244 g/mol. The van der Waals surface area contributed by atoms with Gasteiger partial charge in [-0.3, -0.25) is 4.79 Å². The molecule has 0 spiro atoms. The highest BCUT2D eigenvalue weighted by Gasteiger charge is 2.07. The lowest BCUT2D eigenvalue weighted by atomic mass is 10.2. The smallest absolute Gasteiger partial charge is 0.244 e. The molecule has 94 valence electrons. The molecule has 0 aliphatic rings. The largest absolute Gasteiger partial charge is 0.324 e. The van der Waals surface area contributed by atoms with Crippen molar-refractivity contribution >= 4 is 11.6 Å². The molecule has 0 atom stereocenters. The number of anilines is 1. The number of nitrogens with two attached hydrogens (primary N) is 1. The minimum absolute atomic E-state index is 0.0861. The molecule has 0 aliphatic heterocycles. The fourth-order valence-electron chi connectivity index (χ4n) is 1.73. The zero-order chi connectivity index (χ0) is 13.0. The minimum Gasteiger partial charge on any atom is -0.324 e. The topological polar surface area (TPSA) is 72.9 Å². The average Bonchev–Trinajstić information content (AvgIpc) is 2.79. The highest BCUT2D eigenvalue weighted by molar-refractivity contribution is 5.91. The molecular weight excluding hydrogens is 228 g/mol. The third kappa shape index (κ3) is 2.75. The molecule has 3 N–H and O–H groups in total. The Morgan fingerprint density at radius 3 is 2.94 bits per heavy atom. The lowest BCUT2D eigenvalue weighted by Gasteiger charge is -2.09. The van der Waals surface area contributed by atoms with Crippen molar-refractivity contribution < 1.29 is 4.79 Å². The zero-order valence-electron chi connectivity index (χ0n) is 10.3. The van der Waals surface area contributed by atoms with E-state index in [2.05, 4.69) is 10.3 Å². The van der Waals surface area contributed by atoms with Gasteiger partial charge in [-0.05, 0) is 18.6 Å². The molecule has 0 unspecified atom stereocenters. The lowest BCUT2D eigenvalue weighted by Crippen LogP contribution is -2.21. The number of hydrogen-bond donors (Lipinski definition) is 2. The van der Waals surface area contributed by atoms with Crippen LogP contribution in [0.5, 0.6) is 0 Å². The first-order chi connectivity index (χ1) is 8.70. The van der Waals surface area contributed by atoms with Gasteiger partial charge in [0.25, 0.3) is 0 Å². The summed E-state index contributed by atoms with van der Waals surface area (Å²) in [5.74, 6) is 0.618. The number of imidazole rings is 1. The van der Waals surface area contributed by atoms with Crippen LogP contribution in [0.3, 0.4) is 0 Å². The van der Waals surface area contributed by atoms with Crippen molar-refractivity contribution in [3.05, 3.63) is 48.0 Å². The Labute approximate surface area is 106 Å². The molecule has 1 aromatic heterocycles. The van der Waals surface area contributed by atoms with E-state index in [4.69, 9.17) is 5.73 Å². The second kappa shape index (κ2) is 5.46. The Kier molecular flexibility index (Phi) is 3.74. The molecule has 0 radical (unpaired) electrons. The Morgan fingerprint density at radius 2 is 2.22 bits per heavy atom. The van der Waals surface area contributed by atoms with Gasteiger partial charge in [0.2, 0.25) is 5.91 Å². The van der Waals surface area contributed by atoms with Gasteiger partial charge in [0.15, 0.2) is 0 Å². The number of aromatic nitrogens is 2. The molecule has 2 rings (SSSR count). The van der Waals surface area contributed by atoms with E-state index >= 15 is 0 Å². The number of carbonyl (C=O) groups is 1. The van der Waals surface area contributed by atoms with Crippen molar-refractivity contribution in [2.45, 2.75) is 20.0 Å². The summed E-state index contributed by atoms with van der Waals surface area (Å²) in [5, 5.41) is 2.87. The van der Waals surface area contributed by atoms with Gasteiger partial charge in [0.1, 0.15) is 12.4 Å². The van der Waals surface area contributed by atoms with Crippen LogP contribution in [0.1, 0.15) is 11.4 Å². The minimum atomic E-state index is -0.0861.